The van der Waals surface area contributed by atoms with E-state index < -0.39 is 16.9 Å². The fraction of sp³-hybridized carbons (Fsp3) is 0.385. The van der Waals surface area contributed by atoms with Crippen molar-refractivity contribution >= 4 is 81.8 Å². The smallest absolute Gasteiger partial charge is 0.231 e. The maximum Gasteiger partial charge on any atom is 0.231 e. The third-order valence-electron chi connectivity index (χ3n) is 12.5. The number of benzene rings is 4. The number of ether oxygens (including phenoxy) is 4. The minimum Gasteiger partial charge on any atom is -0.454 e. The second kappa shape index (κ2) is 22.9. The standard InChI is InChI=1S/C26H27ClN2O3S2.C22H18ClNO4S.C4H11NS/c1-29(2)11-12-33-25(18-5-3-4-6-19(18)27)22-15-28-24(34-22)14-23(30)26(9-10-26)17-7-8-20-21(13-17)32-16-31-20;23-15-4-2-1-3-14(15)21(26)18-11-24-20(29-18)10-19(25)22(7-8-22)13-5-6-16-17(9-13)28-12-27-16;1-5(2)3-4-6/h3-8,13,15,25H,9-12,14,16H2,1-2H3;1-6,9,11,21,26H,7-8,10,12H2;6H,3-4H2,1-2H3. The Balaban J connectivity index is 0.000000168. The fourth-order valence-corrected chi connectivity index (χ4v) is 12.6. The zero-order valence-corrected chi connectivity index (χ0v) is 43.8. The molecule has 69 heavy (non-hydrogen) atoms. The topological polar surface area (TPSA) is 124 Å². The Bertz CT molecular complexity index is 2740. The molecule has 11 nitrogen and oxygen atoms in total. The van der Waals surface area contributed by atoms with E-state index in [0.29, 0.717) is 32.6 Å². The van der Waals surface area contributed by atoms with Crippen molar-refractivity contribution in [3.05, 3.63) is 149 Å². The number of carbonyl (C=O) groups is 2. The molecule has 2 unspecified atom stereocenters. The summed E-state index contributed by atoms with van der Waals surface area (Å²) in [5.74, 6) is 5.18. The van der Waals surface area contributed by atoms with E-state index in [1.165, 1.54) is 11.3 Å². The fourth-order valence-electron chi connectivity index (χ4n) is 8.18. The summed E-state index contributed by atoms with van der Waals surface area (Å²) in [4.78, 5) is 41.6. The van der Waals surface area contributed by atoms with Crippen molar-refractivity contribution in [2.75, 3.05) is 66.4 Å². The molecule has 0 saturated heterocycles. The molecule has 0 bridgehead atoms. The number of thioether (sulfide) groups is 1. The van der Waals surface area contributed by atoms with Crippen LogP contribution in [0, 0.1) is 0 Å². The van der Waals surface area contributed by atoms with E-state index in [0.717, 1.165) is 99.1 Å². The highest BCUT2D eigenvalue weighted by atomic mass is 35.5. The molecular weight excluding hydrogens is 992 g/mol. The van der Waals surface area contributed by atoms with Gasteiger partial charge in [0.1, 0.15) is 27.7 Å². The molecule has 0 radical (unpaired) electrons. The van der Waals surface area contributed by atoms with Crippen molar-refractivity contribution in [1.82, 2.24) is 19.8 Å². The lowest BCUT2D eigenvalue weighted by atomic mass is 9.89. The molecule has 4 aliphatic rings. The number of fused-ring (bicyclic) bond motifs is 2. The van der Waals surface area contributed by atoms with Gasteiger partial charge in [-0.05, 0) is 107 Å². The third-order valence-corrected chi connectivity index (χ3v) is 16.9. The molecule has 1 N–H and O–H groups in total. The van der Waals surface area contributed by atoms with Crippen LogP contribution in [-0.4, -0.2) is 103 Å². The first-order valence-electron chi connectivity index (χ1n) is 22.7. The van der Waals surface area contributed by atoms with Crippen molar-refractivity contribution in [2.24, 2.45) is 0 Å². The van der Waals surface area contributed by atoms with Crippen LogP contribution in [-0.2, 0) is 33.3 Å². The summed E-state index contributed by atoms with van der Waals surface area (Å²) in [6.07, 6.45) is 6.67. The highest BCUT2D eigenvalue weighted by Crippen LogP contribution is 2.53. The van der Waals surface area contributed by atoms with Gasteiger partial charge < -0.3 is 33.9 Å². The highest BCUT2D eigenvalue weighted by Gasteiger charge is 2.52. The van der Waals surface area contributed by atoms with Gasteiger partial charge in [0.05, 0.1) is 33.8 Å². The number of halogens is 2. The molecule has 2 saturated carbocycles. The Morgan fingerprint density at radius 3 is 1.61 bits per heavy atom. The van der Waals surface area contributed by atoms with Crippen LogP contribution < -0.4 is 18.9 Å². The van der Waals surface area contributed by atoms with Crippen LogP contribution in [0.4, 0.5) is 0 Å². The SMILES string of the molecule is CN(C)CCS.CN(C)CCSC(c1cnc(CC(=O)C2(c3ccc4c(c3)OCO4)CC2)s1)c1ccccc1Cl.O=C(Cc1ncc(C(O)c2ccccc2Cl)s1)C1(c2ccc3c(c2)OCO3)CC1. The summed E-state index contributed by atoms with van der Waals surface area (Å²) in [5.41, 5.74) is 2.83. The predicted molar refractivity (Wildman–Crippen MR) is 281 cm³/mol. The molecule has 17 heteroatoms. The van der Waals surface area contributed by atoms with Gasteiger partial charge in [-0.15, -0.1) is 34.4 Å². The summed E-state index contributed by atoms with van der Waals surface area (Å²) in [6.45, 7) is 2.51. The Hall–Kier alpha value is -4.16. The van der Waals surface area contributed by atoms with Crippen molar-refractivity contribution < 1.29 is 33.6 Å². The molecule has 6 aromatic rings. The van der Waals surface area contributed by atoms with E-state index in [2.05, 4.69) is 52.6 Å². The average Bonchev–Trinajstić information content (AvgIpc) is 4.00. The second-order valence-corrected chi connectivity index (χ2v) is 22.6. The van der Waals surface area contributed by atoms with Crippen LogP contribution in [0.15, 0.2) is 97.3 Å². The number of aliphatic hydroxyl groups is 1. The maximum absolute atomic E-state index is 13.4. The molecule has 4 aromatic carbocycles. The maximum atomic E-state index is 13.4. The lowest BCUT2D eigenvalue weighted by Crippen LogP contribution is -2.22. The van der Waals surface area contributed by atoms with E-state index >= 15 is 0 Å². The van der Waals surface area contributed by atoms with Crippen LogP contribution >= 0.6 is 70.3 Å². The number of rotatable bonds is 18. The molecule has 0 spiro atoms. The van der Waals surface area contributed by atoms with Gasteiger partial charge >= 0.3 is 0 Å². The zero-order valence-electron chi connectivity index (χ0n) is 39.0. The number of ketones is 2. The van der Waals surface area contributed by atoms with Gasteiger partial charge in [0, 0.05) is 57.5 Å². The molecule has 2 aliphatic heterocycles. The monoisotopic (exact) mass is 1050 g/mol. The van der Waals surface area contributed by atoms with E-state index in [1.54, 1.807) is 29.7 Å². The molecule has 2 fully saturated rings. The lowest BCUT2D eigenvalue weighted by molar-refractivity contribution is -0.121. The number of Topliss-reactive ketones (excluding diaryl/α,β-unsaturated/α-hetero) is 2. The van der Waals surface area contributed by atoms with Gasteiger partial charge in [-0.1, -0.05) is 71.7 Å². The van der Waals surface area contributed by atoms with Crippen molar-refractivity contribution in [3.8, 4) is 23.0 Å². The molecule has 2 atom stereocenters. The van der Waals surface area contributed by atoms with Crippen LogP contribution in [0.5, 0.6) is 23.0 Å². The summed E-state index contributed by atoms with van der Waals surface area (Å²) in [5, 5.41) is 13.6. The average molecular weight is 1050 g/mol. The van der Waals surface area contributed by atoms with Gasteiger partial charge in [0.15, 0.2) is 23.0 Å². The summed E-state index contributed by atoms with van der Waals surface area (Å²) in [7, 11) is 8.23. The molecular formula is C52H56Cl2N4O7S4. The number of nitrogens with zero attached hydrogens (tertiary/aromatic N) is 4. The van der Waals surface area contributed by atoms with Gasteiger partial charge in [-0.25, -0.2) is 9.97 Å². The van der Waals surface area contributed by atoms with E-state index in [1.807, 2.05) is 98.8 Å². The largest absolute Gasteiger partial charge is 0.454 e. The minimum atomic E-state index is -0.853. The van der Waals surface area contributed by atoms with Crippen molar-refractivity contribution in [1.29, 1.82) is 0 Å². The van der Waals surface area contributed by atoms with Gasteiger partial charge in [0.25, 0.3) is 0 Å². The van der Waals surface area contributed by atoms with Gasteiger partial charge in [-0.3, -0.25) is 9.59 Å². The minimum absolute atomic E-state index is 0.0961. The Morgan fingerprint density at radius 2 is 1.14 bits per heavy atom. The normalized spacial score (nSPS) is 16.3. The number of hydrogen-bond donors (Lipinski definition) is 2. The van der Waals surface area contributed by atoms with E-state index in [-0.39, 0.29) is 36.8 Å². The molecule has 2 aromatic heterocycles. The van der Waals surface area contributed by atoms with Crippen LogP contribution in [0.3, 0.4) is 0 Å². The van der Waals surface area contributed by atoms with Crippen molar-refractivity contribution in [3.63, 3.8) is 0 Å². The van der Waals surface area contributed by atoms with Crippen molar-refractivity contribution in [2.45, 2.75) is 60.7 Å². The Labute approximate surface area is 431 Å². The number of carbonyl (C=O) groups excluding carboxylic acids is 2. The molecule has 10 rings (SSSR count). The first-order chi connectivity index (χ1) is 33.3. The van der Waals surface area contributed by atoms with Gasteiger partial charge in [-0.2, -0.15) is 12.6 Å². The lowest BCUT2D eigenvalue weighted by Gasteiger charge is -2.18. The molecule has 2 aliphatic carbocycles. The quantitative estimate of drug-likeness (QED) is 0.0797. The van der Waals surface area contributed by atoms with Gasteiger partial charge in [0.2, 0.25) is 13.6 Å². The van der Waals surface area contributed by atoms with Crippen LogP contribution in [0.1, 0.15) is 79.1 Å². The molecule has 364 valence electrons. The summed E-state index contributed by atoms with van der Waals surface area (Å²) < 4.78 is 21.8. The number of thiol groups is 1. The Kier molecular flexibility index (Phi) is 17.0. The first-order valence-corrected chi connectivity index (χ1v) is 26.8. The number of thiazole rings is 2. The molecule has 0 amide bonds. The number of aromatic nitrogens is 2. The predicted octanol–water partition coefficient (Wildman–Crippen LogP) is 10.7. The first kappa shape index (κ1) is 51.2. The summed E-state index contributed by atoms with van der Waals surface area (Å²) >= 11 is 21.6. The number of hydrogen-bond acceptors (Lipinski definition) is 15. The highest BCUT2D eigenvalue weighted by molar-refractivity contribution is 7.99. The van der Waals surface area contributed by atoms with Crippen LogP contribution in [0.25, 0.3) is 0 Å². The molecule has 4 heterocycles. The zero-order chi connectivity index (χ0) is 48.7. The third kappa shape index (κ3) is 12.3. The second-order valence-electron chi connectivity index (χ2n) is 17.8. The van der Waals surface area contributed by atoms with E-state index in [9.17, 15) is 14.7 Å². The van der Waals surface area contributed by atoms with Crippen LogP contribution in [0.2, 0.25) is 10.0 Å². The number of aliphatic hydroxyl groups excluding tert-OH is 1. The Morgan fingerprint density at radius 1 is 0.681 bits per heavy atom. The summed E-state index contributed by atoms with van der Waals surface area (Å²) in [6, 6.07) is 26.8. The van der Waals surface area contributed by atoms with E-state index in [4.69, 9.17) is 42.1 Å².